The van der Waals surface area contributed by atoms with Crippen molar-refractivity contribution in [1.82, 2.24) is 4.90 Å². The number of amides is 1. The van der Waals surface area contributed by atoms with Gasteiger partial charge in [-0.1, -0.05) is 6.92 Å². The lowest BCUT2D eigenvalue weighted by Crippen LogP contribution is -2.64. The summed E-state index contributed by atoms with van der Waals surface area (Å²) in [6.07, 6.45) is 0.882. The first kappa shape index (κ1) is 13.9. The number of aliphatic carboxylic acids is 1. The molecule has 0 radical (unpaired) electrons. The molecule has 1 aliphatic rings. The molecule has 0 aliphatic carbocycles. The van der Waals surface area contributed by atoms with Crippen molar-refractivity contribution in [2.75, 3.05) is 32.9 Å². The molecule has 1 N–H and O–H groups in total. The number of likely N-dealkylation sites (tertiary alicyclic amines) is 1. The molecule has 0 saturated carbocycles. The van der Waals surface area contributed by atoms with E-state index in [4.69, 9.17) is 14.6 Å². The Hall–Kier alpha value is -1.14. The minimum Gasteiger partial charge on any atom is -0.480 e. The number of rotatable bonds is 7. The third-order valence-electron chi connectivity index (χ3n) is 2.52. The number of ether oxygens (including phenoxy) is 2. The summed E-state index contributed by atoms with van der Waals surface area (Å²) in [6.45, 7) is 4.96. The van der Waals surface area contributed by atoms with E-state index in [1.165, 1.54) is 0 Å². The quantitative estimate of drug-likeness (QED) is 0.644. The van der Waals surface area contributed by atoms with E-state index in [0.717, 1.165) is 6.42 Å². The minimum atomic E-state index is -0.998. The summed E-state index contributed by atoms with van der Waals surface area (Å²) in [4.78, 5) is 23.5. The maximum Gasteiger partial charge on any atom is 0.329 e. The van der Waals surface area contributed by atoms with E-state index in [2.05, 4.69) is 0 Å². The van der Waals surface area contributed by atoms with E-state index in [9.17, 15) is 9.59 Å². The summed E-state index contributed by atoms with van der Waals surface area (Å²) in [6, 6.07) is 0. The van der Waals surface area contributed by atoms with Gasteiger partial charge in [0.1, 0.15) is 18.8 Å². The standard InChI is InChI=1S/C11H19NO5/c1-3-4-16-5-9(13)12-7-11(2,8-12)17-6-10(14)15/h3-8H2,1-2H3,(H,14,15). The molecular weight excluding hydrogens is 226 g/mol. The topological polar surface area (TPSA) is 76.1 Å². The number of carbonyl (C=O) groups is 2. The Bertz CT molecular complexity index is 286. The first-order valence-corrected chi connectivity index (χ1v) is 5.68. The molecule has 0 aromatic carbocycles. The van der Waals surface area contributed by atoms with Crippen LogP contribution in [0.5, 0.6) is 0 Å². The molecular formula is C11H19NO5. The fourth-order valence-corrected chi connectivity index (χ4v) is 1.66. The maximum absolute atomic E-state index is 11.6. The molecule has 1 rings (SSSR count). The summed E-state index contributed by atoms with van der Waals surface area (Å²) >= 11 is 0. The van der Waals surface area contributed by atoms with Crippen LogP contribution in [0.3, 0.4) is 0 Å². The second-order valence-electron chi connectivity index (χ2n) is 4.43. The van der Waals surface area contributed by atoms with Crippen molar-refractivity contribution in [1.29, 1.82) is 0 Å². The van der Waals surface area contributed by atoms with Crippen molar-refractivity contribution in [2.45, 2.75) is 25.9 Å². The van der Waals surface area contributed by atoms with Crippen molar-refractivity contribution in [2.24, 2.45) is 0 Å². The molecule has 1 fully saturated rings. The fourth-order valence-electron chi connectivity index (χ4n) is 1.66. The van der Waals surface area contributed by atoms with Crippen LogP contribution in [0, 0.1) is 0 Å². The molecule has 0 bridgehead atoms. The van der Waals surface area contributed by atoms with Gasteiger partial charge in [-0.05, 0) is 13.3 Å². The molecule has 6 heteroatoms. The number of carboxylic acids is 1. The lowest BCUT2D eigenvalue weighted by molar-refractivity contribution is -0.175. The molecule has 0 aromatic heterocycles. The Morgan fingerprint density at radius 3 is 2.53 bits per heavy atom. The molecule has 1 heterocycles. The van der Waals surface area contributed by atoms with Crippen LogP contribution in [-0.2, 0) is 19.1 Å². The minimum absolute atomic E-state index is 0.0742. The summed E-state index contributed by atoms with van der Waals surface area (Å²) in [5.41, 5.74) is -0.529. The molecule has 0 unspecified atom stereocenters. The van der Waals surface area contributed by atoms with Crippen molar-refractivity contribution in [3.63, 3.8) is 0 Å². The number of hydrogen-bond acceptors (Lipinski definition) is 4. The highest BCUT2D eigenvalue weighted by atomic mass is 16.5. The van der Waals surface area contributed by atoms with E-state index in [1.807, 2.05) is 6.92 Å². The van der Waals surface area contributed by atoms with Gasteiger partial charge in [0.15, 0.2) is 0 Å². The van der Waals surface area contributed by atoms with Gasteiger partial charge >= 0.3 is 5.97 Å². The van der Waals surface area contributed by atoms with Crippen LogP contribution in [0.25, 0.3) is 0 Å². The zero-order valence-electron chi connectivity index (χ0n) is 10.3. The second-order valence-corrected chi connectivity index (χ2v) is 4.43. The van der Waals surface area contributed by atoms with Crippen molar-refractivity contribution >= 4 is 11.9 Å². The Labute approximate surface area is 100 Å². The van der Waals surface area contributed by atoms with E-state index >= 15 is 0 Å². The van der Waals surface area contributed by atoms with Gasteiger partial charge in [0, 0.05) is 6.61 Å². The predicted octanol–water partition coefficient (Wildman–Crippen LogP) is 0.115. The Kier molecular flexibility index (Phi) is 4.89. The highest BCUT2D eigenvalue weighted by Gasteiger charge is 2.42. The maximum atomic E-state index is 11.6. The van der Waals surface area contributed by atoms with Crippen molar-refractivity contribution in [3.8, 4) is 0 Å². The smallest absolute Gasteiger partial charge is 0.329 e. The van der Waals surface area contributed by atoms with Crippen LogP contribution in [0.1, 0.15) is 20.3 Å². The van der Waals surface area contributed by atoms with Crippen LogP contribution in [-0.4, -0.2) is 60.4 Å². The van der Waals surface area contributed by atoms with Crippen molar-refractivity contribution in [3.05, 3.63) is 0 Å². The molecule has 98 valence electrons. The average molecular weight is 245 g/mol. The van der Waals surface area contributed by atoms with E-state index in [1.54, 1.807) is 11.8 Å². The number of carboxylic acid groups (broad SMARTS) is 1. The molecule has 1 amide bonds. The van der Waals surface area contributed by atoms with E-state index in [0.29, 0.717) is 19.7 Å². The normalized spacial score (nSPS) is 17.6. The Morgan fingerprint density at radius 2 is 2.00 bits per heavy atom. The first-order chi connectivity index (χ1) is 7.97. The van der Waals surface area contributed by atoms with Gasteiger partial charge in [-0.25, -0.2) is 4.79 Å². The van der Waals surface area contributed by atoms with Gasteiger partial charge in [-0.3, -0.25) is 4.79 Å². The third-order valence-corrected chi connectivity index (χ3v) is 2.52. The molecule has 17 heavy (non-hydrogen) atoms. The molecule has 6 nitrogen and oxygen atoms in total. The molecule has 0 spiro atoms. The number of hydrogen-bond donors (Lipinski definition) is 1. The monoisotopic (exact) mass is 245 g/mol. The number of nitrogens with zero attached hydrogens (tertiary/aromatic N) is 1. The van der Waals surface area contributed by atoms with Crippen LogP contribution >= 0.6 is 0 Å². The van der Waals surface area contributed by atoms with Gasteiger partial charge < -0.3 is 19.5 Å². The van der Waals surface area contributed by atoms with Crippen molar-refractivity contribution < 1.29 is 24.2 Å². The molecule has 0 aromatic rings. The van der Waals surface area contributed by atoms with Crippen LogP contribution in [0.15, 0.2) is 0 Å². The molecule has 1 saturated heterocycles. The van der Waals surface area contributed by atoms with Crippen LogP contribution in [0.4, 0.5) is 0 Å². The van der Waals surface area contributed by atoms with Crippen LogP contribution < -0.4 is 0 Å². The fraction of sp³-hybridized carbons (Fsp3) is 0.818. The van der Waals surface area contributed by atoms with E-state index < -0.39 is 11.6 Å². The number of carbonyl (C=O) groups excluding carboxylic acids is 1. The Morgan fingerprint density at radius 1 is 1.35 bits per heavy atom. The summed E-state index contributed by atoms with van der Waals surface area (Å²) in [7, 11) is 0. The molecule has 1 aliphatic heterocycles. The van der Waals surface area contributed by atoms with Gasteiger partial charge in [-0.15, -0.1) is 0 Å². The lowest BCUT2D eigenvalue weighted by Gasteiger charge is -2.47. The zero-order valence-corrected chi connectivity index (χ0v) is 10.3. The second kappa shape index (κ2) is 5.97. The predicted molar refractivity (Wildman–Crippen MR) is 59.7 cm³/mol. The zero-order chi connectivity index (χ0) is 12.9. The van der Waals surface area contributed by atoms with Gasteiger partial charge in [0.25, 0.3) is 0 Å². The third kappa shape index (κ3) is 4.32. The summed E-state index contributed by atoms with van der Waals surface area (Å²) in [5, 5.41) is 8.49. The van der Waals surface area contributed by atoms with Gasteiger partial charge in [-0.2, -0.15) is 0 Å². The molecule has 0 atom stereocenters. The average Bonchev–Trinajstić information content (AvgIpc) is 2.22. The largest absolute Gasteiger partial charge is 0.480 e. The van der Waals surface area contributed by atoms with Gasteiger partial charge in [0.05, 0.1) is 13.1 Å². The highest BCUT2D eigenvalue weighted by Crippen LogP contribution is 2.24. The van der Waals surface area contributed by atoms with Gasteiger partial charge in [0.2, 0.25) is 5.91 Å². The first-order valence-electron chi connectivity index (χ1n) is 5.68. The van der Waals surface area contributed by atoms with Crippen LogP contribution in [0.2, 0.25) is 0 Å². The Balaban J connectivity index is 2.20. The summed E-state index contributed by atoms with van der Waals surface area (Å²) in [5.74, 6) is -1.07. The highest BCUT2D eigenvalue weighted by molar-refractivity contribution is 5.78. The summed E-state index contributed by atoms with van der Waals surface area (Å²) < 4.78 is 10.3. The SMILES string of the molecule is CCCOCC(=O)N1CC(C)(OCC(=O)O)C1. The lowest BCUT2D eigenvalue weighted by atomic mass is 9.96. The van der Waals surface area contributed by atoms with E-state index in [-0.39, 0.29) is 19.1 Å².